The molecule has 0 spiro atoms. The van der Waals surface area contributed by atoms with Crippen molar-refractivity contribution < 1.29 is 4.79 Å². The zero-order valence-corrected chi connectivity index (χ0v) is 9.08. The highest BCUT2D eigenvalue weighted by Crippen LogP contribution is 2.09. The molecule has 1 amide bonds. The largest absolute Gasteiger partial charge is 0.325 e. The smallest absolute Gasteiger partial charge is 0.271 e. The standard InChI is InChI=1S/C10H12ClN3O/c1-7(6-12)13-14-10(15)8-2-4-9(11)5-3-8/h2-5H,6,12H2,1H3,(H,14,15)/b13-7+. The predicted octanol–water partition coefficient (Wildman–Crippen LogP) is 1.40. The summed E-state index contributed by atoms with van der Waals surface area (Å²) in [6.45, 7) is 2.06. The average molecular weight is 226 g/mol. The Labute approximate surface area is 93.1 Å². The fraction of sp³-hybridized carbons (Fsp3) is 0.200. The van der Waals surface area contributed by atoms with Crippen LogP contribution in [-0.2, 0) is 0 Å². The molecule has 0 fully saturated rings. The molecule has 0 radical (unpaired) electrons. The minimum Gasteiger partial charge on any atom is -0.325 e. The highest BCUT2D eigenvalue weighted by atomic mass is 35.5. The van der Waals surface area contributed by atoms with Crippen LogP contribution in [0.25, 0.3) is 0 Å². The van der Waals surface area contributed by atoms with Crippen LogP contribution in [0.5, 0.6) is 0 Å². The van der Waals surface area contributed by atoms with E-state index in [4.69, 9.17) is 17.3 Å². The molecule has 15 heavy (non-hydrogen) atoms. The molecule has 0 aromatic heterocycles. The van der Waals surface area contributed by atoms with Gasteiger partial charge < -0.3 is 5.73 Å². The maximum absolute atomic E-state index is 11.5. The summed E-state index contributed by atoms with van der Waals surface area (Å²) in [7, 11) is 0. The van der Waals surface area contributed by atoms with E-state index in [1.165, 1.54) is 0 Å². The van der Waals surface area contributed by atoms with Crippen molar-refractivity contribution >= 4 is 23.2 Å². The Morgan fingerprint density at radius 1 is 1.47 bits per heavy atom. The highest BCUT2D eigenvalue weighted by Gasteiger charge is 2.03. The molecule has 0 aliphatic rings. The zero-order chi connectivity index (χ0) is 11.3. The van der Waals surface area contributed by atoms with E-state index in [0.29, 0.717) is 22.8 Å². The third kappa shape index (κ3) is 3.69. The zero-order valence-electron chi connectivity index (χ0n) is 8.33. The van der Waals surface area contributed by atoms with Crippen LogP contribution in [-0.4, -0.2) is 18.2 Å². The summed E-state index contributed by atoms with van der Waals surface area (Å²) in [4.78, 5) is 11.5. The van der Waals surface area contributed by atoms with Gasteiger partial charge in [-0.1, -0.05) is 11.6 Å². The molecule has 4 nitrogen and oxygen atoms in total. The van der Waals surface area contributed by atoms with Gasteiger partial charge in [0.15, 0.2) is 0 Å². The Kier molecular flexibility index (Phi) is 4.27. The second kappa shape index (κ2) is 5.48. The number of benzene rings is 1. The number of amides is 1. The van der Waals surface area contributed by atoms with Gasteiger partial charge in [-0.15, -0.1) is 0 Å². The summed E-state index contributed by atoms with van der Waals surface area (Å²) in [6, 6.07) is 6.56. The Morgan fingerprint density at radius 3 is 2.60 bits per heavy atom. The van der Waals surface area contributed by atoms with Gasteiger partial charge in [-0.05, 0) is 31.2 Å². The molecule has 1 aromatic carbocycles. The van der Waals surface area contributed by atoms with E-state index in [2.05, 4.69) is 10.5 Å². The van der Waals surface area contributed by atoms with Gasteiger partial charge in [0.1, 0.15) is 0 Å². The van der Waals surface area contributed by atoms with Crippen molar-refractivity contribution in [1.29, 1.82) is 0 Å². The first-order chi connectivity index (χ1) is 7.13. The molecule has 5 heteroatoms. The molecule has 3 N–H and O–H groups in total. The van der Waals surface area contributed by atoms with Crippen molar-refractivity contribution in [1.82, 2.24) is 5.43 Å². The van der Waals surface area contributed by atoms with E-state index in [0.717, 1.165) is 0 Å². The molecule has 0 saturated carbocycles. The highest BCUT2D eigenvalue weighted by molar-refractivity contribution is 6.30. The molecule has 80 valence electrons. The third-order valence-corrected chi connectivity index (χ3v) is 2.00. The monoisotopic (exact) mass is 225 g/mol. The van der Waals surface area contributed by atoms with Crippen molar-refractivity contribution in [3.8, 4) is 0 Å². The first kappa shape index (κ1) is 11.7. The van der Waals surface area contributed by atoms with Gasteiger partial charge in [0, 0.05) is 22.8 Å². The number of hydrogen-bond donors (Lipinski definition) is 2. The fourth-order valence-corrected chi connectivity index (χ4v) is 0.984. The Hall–Kier alpha value is -1.39. The molecule has 1 rings (SSSR count). The number of hydrazone groups is 1. The fourth-order valence-electron chi connectivity index (χ4n) is 0.858. The number of nitrogens with one attached hydrogen (secondary N) is 1. The normalized spacial score (nSPS) is 11.3. The minimum atomic E-state index is -0.278. The summed E-state index contributed by atoms with van der Waals surface area (Å²) in [5, 5.41) is 4.39. The maximum Gasteiger partial charge on any atom is 0.271 e. The summed E-state index contributed by atoms with van der Waals surface area (Å²) in [5.74, 6) is -0.278. The molecular formula is C10H12ClN3O. The van der Waals surface area contributed by atoms with E-state index in [9.17, 15) is 4.79 Å². The molecule has 0 unspecified atom stereocenters. The number of hydrogen-bond acceptors (Lipinski definition) is 3. The van der Waals surface area contributed by atoms with E-state index < -0.39 is 0 Å². The van der Waals surface area contributed by atoms with Crippen LogP contribution in [0, 0.1) is 0 Å². The van der Waals surface area contributed by atoms with Crippen molar-refractivity contribution in [2.75, 3.05) is 6.54 Å². The number of carbonyl (C=O) groups excluding carboxylic acids is 1. The van der Waals surface area contributed by atoms with Crippen molar-refractivity contribution in [3.63, 3.8) is 0 Å². The number of halogens is 1. The Balaban J connectivity index is 2.66. The second-order valence-corrected chi connectivity index (χ2v) is 3.44. The quantitative estimate of drug-likeness (QED) is 0.603. The molecule has 0 bridgehead atoms. The number of rotatable bonds is 3. The van der Waals surface area contributed by atoms with Gasteiger partial charge in [0.25, 0.3) is 5.91 Å². The lowest BCUT2D eigenvalue weighted by molar-refractivity contribution is 0.0955. The first-order valence-electron chi connectivity index (χ1n) is 4.42. The van der Waals surface area contributed by atoms with Crippen LogP contribution in [0.3, 0.4) is 0 Å². The van der Waals surface area contributed by atoms with E-state index in [1.807, 2.05) is 0 Å². The summed E-state index contributed by atoms with van der Waals surface area (Å²) >= 11 is 5.69. The lowest BCUT2D eigenvalue weighted by atomic mass is 10.2. The second-order valence-electron chi connectivity index (χ2n) is 3.00. The molecule has 0 aliphatic carbocycles. The molecule has 0 heterocycles. The van der Waals surface area contributed by atoms with Crippen molar-refractivity contribution in [2.45, 2.75) is 6.92 Å². The van der Waals surface area contributed by atoms with Crippen molar-refractivity contribution in [2.24, 2.45) is 10.8 Å². The molecule has 0 atom stereocenters. The number of nitrogens with two attached hydrogens (primary N) is 1. The van der Waals surface area contributed by atoms with E-state index in [1.54, 1.807) is 31.2 Å². The minimum absolute atomic E-state index is 0.278. The topological polar surface area (TPSA) is 67.5 Å². The van der Waals surface area contributed by atoms with Gasteiger partial charge in [-0.2, -0.15) is 5.10 Å². The first-order valence-corrected chi connectivity index (χ1v) is 4.80. The van der Waals surface area contributed by atoms with Crippen LogP contribution in [0.15, 0.2) is 29.4 Å². The summed E-state index contributed by atoms with van der Waals surface area (Å²) < 4.78 is 0. The lowest BCUT2D eigenvalue weighted by Crippen LogP contribution is -2.21. The van der Waals surface area contributed by atoms with Gasteiger partial charge >= 0.3 is 0 Å². The lowest BCUT2D eigenvalue weighted by Gasteiger charge is -2.00. The van der Waals surface area contributed by atoms with E-state index >= 15 is 0 Å². The number of carbonyl (C=O) groups is 1. The van der Waals surface area contributed by atoms with Crippen LogP contribution >= 0.6 is 11.6 Å². The molecule has 1 aromatic rings. The summed E-state index contributed by atoms with van der Waals surface area (Å²) in [5.41, 5.74) is 8.88. The Morgan fingerprint density at radius 2 is 2.07 bits per heavy atom. The third-order valence-electron chi connectivity index (χ3n) is 1.75. The van der Waals surface area contributed by atoms with Gasteiger partial charge in [-0.3, -0.25) is 4.79 Å². The average Bonchev–Trinajstić information content (AvgIpc) is 2.26. The van der Waals surface area contributed by atoms with E-state index in [-0.39, 0.29) is 5.91 Å². The van der Waals surface area contributed by atoms with Gasteiger partial charge in [0.2, 0.25) is 0 Å². The molecular weight excluding hydrogens is 214 g/mol. The van der Waals surface area contributed by atoms with Crippen LogP contribution in [0.2, 0.25) is 5.02 Å². The molecule has 0 aliphatic heterocycles. The van der Waals surface area contributed by atoms with Crippen LogP contribution in [0.4, 0.5) is 0 Å². The SMILES string of the molecule is C/C(CN)=N\NC(=O)c1ccc(Cl)cc1. The van der Waals surface area contributed by atoms with Crippen molar-refractivity contribution in [3.05, 3.63) is 34.9 Å². The maximum atomic E-state index is 11.5. The predicted molar refractivity (Wildman–Crippen MR) is 61.1 cm³/mol. The Bertz CT molecular complexity index is 373. The van der Waals surface area contributed by atoms with Gasteiger partial charge in [-0.25, -0.2) is 5.43 Å². The van der Waals surface area contributed by atoms with Crippen LogP contribution < -0.4 is 11.2 Å². The molecule has 0 saturated heterocycles. The summed E-state index contributed by atoms with van der Waals surface area (Å²) in [6.07, 6.45) is 0. The van der Waals surface area contributed by atoms with Gasteiger partial charge in [0.05, 0.1) is 0 Å². The number of nitrogens with zero attached hydrogens (tertiary/aromatic N) is 1. The van der Waals surface area contributed by atoms with Crippen LogP contribution in [0.1, 0.15) is 17.3 Å².